The minimum atomic E-state index is -0.729. The molecule has 0 aromatic carbocycles. The molecular weight excluding hydrogens is 286 g/mol. The second-order valence-corrected chi connectivity index (χ2v) is 7.42. The van der Waals surface area contributed by atoms with Crippen LogP contribution in [-0.4, -0.2) is 53.2 Å². The monoisotopic (exact) mass is 309 g/mol. The van der Waals surface area contributed by atoms with Crippen molar-refractivity contribution in [2.24, 2.45) is 0 Å². The summed E-state index contributed by atoms with van der Waals surface area (Å²) in [5.74, 6) is -1.13. The van der Waals surface area contributed by atoms with Crippen molar-refractivity contribution in [3.63, 3.8) is 0 Å². The van der Waals surface area contributed by atoms with E-state index in [0.717, 1.165) is 43.2 Å². The van der Waals surface area contributed by atoms with Gasteiger partial charge >= 0.3 is 5.97 Å². The Bertz CT molecular complexity index is 533. The molecule has 3 rings (SSSR count). The number of carbonyl (C=O) groups is 1. The molecule has 1 aromatic rings. The van der Waals surface area contributed by atoms with Crippen LogP contribution in [0.2, 0.25) is 0 Å². The van der Waals surface area contributed by atoms with Crippen LogP contribution in [0, 0.1) is 0 Å². The van der Waals surface area contributed by atoms with Crippen molar-refractivity contribution in [2.45, 2.75) is 51.1 Å². The maximum Gasteiger partial charge on any atom is 0.312 e. The van der Waals surface area contributed by atoms with Gasteiger partial charge in [-0.15, -0.1) is 11.3 Å². The minimum absolute atomic E-state index is 0.402. The molecule has 21 heavy (non-hydrogen) atoms. The predicted molar refractivity (Wildman–Crippen MR) is 84.3 cm³/mol. The zero-order valence-corrected chi connectivity index (χ0v) is 13.7. The van der Waals surface area contributed by atoms with Gasteiger partial charge in [0.2, 0.25) is 0 Å². The summed E-state index contributed by atoms with van der Waals surface area (Å²) in [7, 11) is 2.17. The van der Waals surface area contributed by atoms with Crippen LogP contribution < -0.4 is 4.90 Å². The standard InChI is InChI=1S/C15H23N3O2S/c1-9-7-18(8-10(2)17(9)3)15-16-13-11(14(19)20)5-4-6-12(13)21-15/h9-11H,4-8H2,1-3H3,(H,19,20). The number of aliphatic carboxylic acids is 1. The minimum Gasteiger partial charge on any atom is -0.481 e. The number of nitrogens with zero attached hydrogens (tertiary/aromatic N) is 3. The zero-order chi connectivity index (χ0) is 15.1. The fraction of sp³-hybridized carbons (Fsp3) is 0.733. The second kappa shape index (κ2) is 5.57. The molecule has 0 radical (unpaired) electrons. The van der Waals surface area contributed by atoms with Gasteiger partial charge in [0, 0.05) is 30.1 Å². The zero-order valence-electron chi connectivity index (χ0n) is 12.9. The van der Waals surface area contributed by atoms with Gasteiger partial charge in [-0.3, -0.25) is 9.69 Å². The molecule has 3 unspecified atom stereocenters. The summed E-state index contributed by atoms with van der Waals surface area (Å²) in [5.41, 5.74) is 0.827. The molecule has 1 fully saturated rings. The number of rotatable bonds is 2. The van der Waals surface area contributed by atoms with Gasteiger partial charge in [-0.05, 0) is 40.2 Å². The number of fused-ring (bicyclic) bond motifs is 1. The van der Waals surface area contributed by atoms with Crippen LogP contribution in [0.3, 0.4) is 0 Å². The quantitative estimate of drug-likeness (QED) is 0.907. The normalized spacial score (nSPS) is 30.2. The molecule has 2 heterocycles. The third-order valence-corrected chi connectivity index (χ3v) is 6.06. The Morgan fingerprint density at radius 1 is 1.33 bits per heavy atom. The largest absolute Gasteiger partial charge is 0.481 e. The van der Waals surface area contributed by atoms with Crippen molar-refractivity contribution in [3.05, 3.63) is 10.6 Å². The SMILES string of the molecule is CC1CN(c2nc3c(s2)CCCC3C(=O)O)CC(C)N1C. The second-order valence-electron chi connectivity index (χ2n) is 6.36. The highest BCUT2D eigenvalue weighted by Gasteiger charge is 2.33. The summed E-state index contributed by atoms with van der Waals surface area (Å²) in [6, 6.07) is 0.981. The van der Waals surface area contributed by atoms with Gasteiger partial charge in [0.05, 0.1) is 5.69 Å². The lowest BCUT2D eigenvalue weighted by Crippen LogP contribution is -2.55. The number of likely N-dealkylation sites (N-methyl/N-ethyl adjacent to an activating group) is 1. The first-order valence-corrected chi connectivity index (χ1v) is 8.48. The lowest BCUT2D eigenvalue weighted by Gasteiger charge is -2.42. The van der Waals surface area contributed by atoms with E-state index in [1.54, 1.807) is 11.3 Å². The van der Waals surface area contributed by atoms with Crippen molar-refractivity contribution in [1.82, 2.24) is 9.88 Å². The molecule has 116 valence electrons. The molecule has 1 N–H and O–H groups in total. The molecule has 0 spiro atoms. The van der Waals surface area contributed by atoms with E-state index in [9.17, 15) is 9.90 Å². The number of thiazole rings is 1. The molecule has 0 amide bonds. The highest BCUT2D eigenvalue weighted by Crippen LogP contribution is 2.38. The number of aryl methyl sites for hydroxylation is 1. The fourth-order valence-corrected chi connectivity index (χ4v) is 4.52. The molecule has 1 aliphatic heterocycles. The Labute approximate surface area is 129 Å². The average Bonchev–Trinajstić information content (AvgIpc) is 2.87. The summed E-state index contributed by atoms with van der Waals surface area (Å²) in [4.78, 5) is 22.0. The van der Waals surface area contributed by atoms with Gasteiger partial charge in [-0.25, -0.2) is 4.98 Å². The first-order chi connectivity index (χ1) is 9.97. The summed E-state index contributed by atoms with van der Waals surface area (Å²) < 4.78 is 0. The van der Waals surface area contributed by atoms with E-state index in [0.29, 0.717) is 12.1 Å². The molecule has 1 saturated heterocycles. The number of hydrogen-bond donors (Lipinski definition) is 1. The number of aromatic nitrogens is 1. The predicted octanol–water partition coefficient (Wildman–Crippen LogP) is 2.18. The molecule has 5 nitrogen and oxygen atoms in total. The molecule has 6 heteroatoms. The van der Waals surface area contributed by atoms with Crippen LogP contribution in [-0.2, 0) is 11.2 Å². The molecule has 3 atom stereocenters. The maximum atomic E-state index is 11.4. The van der Waals surface area contributed by atoms with Crippen LogP contribution in [0.25, 0.3) is 0 Å². The molecule has 2 aliphatic rings. The van der Waals surface area contributed by atoms with Gasteiger partial charge in [0.25, 0.3) is 0 Å². The van der Waals surface area contributed by atoms with Gasteiger partial charge in [-0.2, -0.15) is 0 Å². The lowest BCUT2D eigenvalue weighted by atomic mass is 9.91. The number of carboxylic acid groups (broad SMARTS) is 1. The van der Waals surface area contributed by atoms with E-state index in [1.807, 2.05) is 0 Å². The molecule has 1 aliphatic carbocycles. The van der Waals surface area contributed by atoms with Crippen LogP contribution in [0.4, 0.5) is 5.13 Å². The summed E-state index contributed by atoms with van der Waals surface area (Å²) in [6.45, 7) is 6.39. The van der Waals surface area contributed by atoms with E-state index in [4.69, 9.17) is 4.98 Å². The summed E-state index contributed by atoms with van der Waals surface area (Å²) in [5, 5.41) is 10.4. The average molecular weight is 309 g/mol. The molecule has 1 aromatic heterocycles. The Hall–Kier alpha value is -1.14. The Balaban J connectivity index is 1.86. The van der Waals surface area contributed by atoms with Crippen molar-refractivity contribution in [3.8, 4) is 0 Å². The smallest absolute Gasteiger partial charge is 0.312 e. The van der Waals surface area contributed by atoms with Gasteiger partial charge < -0.3 is 10.0 Å². The molecular formula is C15H23N3O2S. The van der Waals surface area contributed by atoms with Crippen molar-refractivity contribution in [1.29, 1.82) is 0 Å². The van der Waals surface area contributed by atoms with E-state index in [1.165, 1.54) is 4.88 Å². The van der Waals surface area contributed by atoms with Crippen LogP contribution in [0.15, 0.2) is 0 Å². The van der Waals surface area contributed by atoms with Crippen LogP contribution >= 0.6 is 11.3 Å². The number of piperazine rings is 1. The van der Waals surface area contributed by atoms with Crippen molar-refractivity contribution >= 4 is 22.4 Å². The van der Waals surface area contributed by atoms with Gasteiger partial charge in [0.1, 0.15) is 5.92 Å². The number of anilines is 1. The Morgan fingerprint density at radius 3 is 2.62 bits per heavy atom. The van der Waals surface area contributed by atoms with E-state index < -0.39 is 11.9 Å². The van der Waals surface area contributed by atoms with Gasteiger partial charge in [-0.1, -0.05) is 0 Å². The fourth-order valence-electron chi connectivity index (χ4n) is 3.34. The number of carboxylic acids is 1. The number of hydrogen-bond acceptors (Lipinski definition) is 5. The topological polar surface area (TPSA) is 56.7 Å². The highest BCUT2D eigenvalue weighted by molar-refractivity contribution is 7.15. The van der Waals surface area contributed by atoms with Crippen molar-refractivity contribution in [2.75, 3.05) is 25.0 Å². The lowest BCUT2D eigenvalue weighted by molar-refractivity contribution is -0.139. The maximum absolute atomic E-state index is 11.4. The third kappa shape index (κ3) is 2.66. The van der Waals surface area contributed by atoms with Crippen molar-refractivity contribution < 1.29 is 9.90 Å². The van der Waals surface area contributed by atoms with E-state index >= 15 is 0 Å². The Kier molecular flexibility index (Phi) is 3.92. The highest BCUT2D eigenvalue weighted by atomic mass is 32.1. The van der Waals surface area contributed by atoms with Crippen LogP contribution in [0.1, 0.15) is 43.2 Å². The van der Waals surface area contributed by atoms with E-state index in [2.05, 4.69) is 30.7 Å². The molecule has 0 bridgehead atoms. The summed E-state index contributed by atoms with van der Waals surface area (Å²) >= 11 is 1.70. The van der Waals surface area contributed by atoms with E-state index in [-0.39, 0.29) is 0 Å². The first kappa shape index (κ1) is 14.8. The van der Waals surface area contributed by atoms with Gasteiger partial charge in [0.15, 0.2) is 5.13 Å². The van der Waals surface area contributed by atoms with Crippen LogP contribution in [0.5, 0.6) is 0 Å². The molecule has 0 saturated carbocycles. The third-order valence-electron chi connectivity index (χ3n) is 4.87. The summed E-state index contributed by atoms with van der Waals surface area (Å²) in [6.07, 6.45) is 2.66. The Morgan fingerprint density at radius 2 is 2.00 bits per heavy atom. The first-order valence-electron chi connectivity index (χ1n) is 7.66.